The number of amides is 1. The highest BCUT2D eigenvalue weighted by Crippen LogP contribution is 2.25. The summed E-state index contributed by atoms with van der Waals surface area (Å²) in [6, 6.07) is 20.8. The molecule has 174 valence electrons. The zero-order valence-electron chi connectivity index (χ0n) is 18.9. The first-order valence-corrected chi connectivity index (χ1v) is 11.9. The lowest BCUT2D eigenvalue weighted by molar-refractivity contribution is -0.119. The Morgan fingerprint density at radius 2 is 1.33 bits per heavy atom. The smallest absolute Gasteiger partial charge is 0.241 e. The maximum Gasteiger partial charge on any atom is 0.241 e. The van der Waals surface area contributed by atoms with Gasteiger partial charge in [0.05, 0.1) is 25.2 Å². The van der Waals surface area contributed by atoms with Crippen LogP contribution in [-0.2, 0) is 27.8 Å². The van der Waals surface area contributed by atoms with E-state index in [-0.39, 0.29) is 10.8 Å². The van der Waals surface area contributed by atoms with Gasteiger partial charge in [-0.2, -0.15) is 0 Å². The predicted molar refractivity (Wildman–Crippen MR) is 127 cm³/mol. The highest BCUT2D eigenvalue weighted by Gasteiger charge is 2.22. The van der Waals surface area contributed by atoms with Gasteiger partial charge in [0.15, 0.2) is 0 Å². The monoisotopic (exact) mass is 468 g/mol. The third-order valence-electron chi connectivity index (χ3n) is 5.19. The molecule has 1 atom stereocenters. The van der Waals surface area contributed by atoms with Crippen molar-refractivity contribution in [2.24, 2.45) is 0 Å². The topological polar surface area (TPSA) is 93.7 Å². The van der Waals surface area contributed by atoms with Crippen molar-refractivity contribution in [3.63, 3.8) is 0 Å². The Kier molecular flexibility index (Phi) is 8.08. The molecule has 3 aromatic rings. The Bertz CT molecular complexity index is 1160. The first-order valence-electron chi connectivity index (χ1n) is 10.4. The van der Waals surface area contributed by atoms with Crippen LogP contribution in [0.25, 0.3) is 0 Å². The molecule has 0 aromatic heterocycles. The van der Waals surface area contributed by atoms with E-state index in [0.29, 0.717) is 18.7 Å². The second-order valence-electron chi connectivity index (χ2n) is 7.55. The van der Waals surface area contributed by atoms with Gasteiger partial charge in [0.2, 0.25) is 15.9 Å². The van der Waals surface area contributed by atoms with Crippen LogP contribution in [0, 0.1) is 0 Å². The zero-order chi connectivity index (χ0) is 23.8. The molecule has 8 heteroatoms. The minimum absolute atomic E-state index is 0.144. The fourth-order valence-electron chi connectivity index (χ4n) is 3.33. The fourth-order valence-corrected chi connectivity index (χ4v) is 4.55. The molecule has 2 N–H and O–H groups in total. The molecule has 1 unspecified atom stereocenters. The van der Waals surface area contributed by atoms with E-state index in [9.17, 15) is 13.2 Å². The second kappa shape index (κ2) is 11.0. The van der Waals surface area contributed by atoms with Gasteiger partial charge < -0.3 is 14.8 Å². The SMILES string of the molecule is COc1ccc(CC(NS(=O)(=O)c2ccc(CNC(C)=O)cc2)c2ccc(OC)cc2)cc1. The Morgan fingerprint density at radius 1 is 0.818 bits per heavy atom. The second-order valence-corrected chi connectivity index (χ2v) is 9.27. The number of carbonyl (C=O) groups excluding carboxylic acids is 1. The molecule has 0 saturated carbocycles. The van der Waals surface area contributed by atoms with Crippen LogP contribution in [-0.4, -0.2) is 28.5 Å². The molecule has 3 rings (SSSR count). The molecule has 0 radical (unpaired) electrons. The van der Waals surface area contributed by atoms with Crippen LogP contribution >= 0.6 is 0 Å². The number of sulfonamides is 1. The minimum Gasteiger partial charge on any atom is -0.497 e. The van der Waals surface area contributed by atoms with Gasteiger partial charge in [-0.15, -0.1) is 0 Å². The van der Waals surface area contributed by atoms with Crippen molar-refractivity contribution in [2.45, 2.75) is 30.8 Å². The maximum absolute atomic E-state index is 13.2. The third-order valence-corrected chi connectivity index (χ3v) is 6.68. The summed E-state index contributed by atoms with van der Waals surface area (Å²) in [4.78, 5) is 11.2. The number of hydrogen-bond acceptors (Lipinski definition) is 5. The maximum atomic E-state index is 13.2. The van der Waals surface area contributed by atoms with Gasteiger partial charge in [0, 0.05) is 13.5 Å². The Morgan fingerprint density at radius 3 is 1.85 bits per heavy atom. The Hall–Kier alpha value is -3.36. The first kappa shape index (κ1) is 24.3. The van der Waals surface area contributed by atoms with E-state index in [2.05, 4.69) is 10.0 Å². The summed E-state index contributed by atoms with van der Waals surface area (Å²) in [6.45, 7) is 1.78. The number of carbonyl (C=O) groups is 1. The van der Waals surface area contributed by atoms with Crippen LogP contribution in [0.4, 0.5) is 0 Å². The van der Waals surface area contributed by atoms with Gasteiger partial charge in [-0.25, -0.2) is 13.1 Å². The van der Waals surface area contributed by atoms with Crippen LogP contribution in [0.15, 0.2) is 77.7 Å². The lowest BCUT2D eigenvalue weighted by atomic mass is 9.99. The van der Waals surface area contributed by atoms with Gasteiger partial charge in [-0.05, 0) is 59.5 Å². The largest absolute Gasteiger partial charge is 0.497 e. The lowest BCUT2D eigenvalue weighted by Gasteiger charge is -2.20. The average Bonchev–Trinajstić information content (AvgIpc) is 2.83. The molecule has 0 saturated heterocycles. The number of ether oxygens (including phenoxy) is 2. The number of methoxy groups -OCH3 is 2. The highest BCUT2D eigenvalue weighted by atomic mass is 32.2. The van der Waals surface area contributed by atoms with Crippen LogP contribution in [0.2, 0.25) is 0 Å². The molecular weight excluding hydrogens is 440 g/mol. The molecule has 0 spiro atoms. The zero-order valence-corrected chi connectivity index (χ0v) is 19.7. The van der Waals surface area contributed by atoms with Crippen molar-refractivity contribution in [3.8, 4) is 11.5 Å². The summed E-state index contributed by atoms with van der Waals surface area (Å²) in [6.07, 6.45) is 0.455. The van der Waals surface area contributed by atoms with Gasteiger partial charge in [-0.3, -0.25) is 4.79 Å². The van der Waals surface area contributed by atoms with Crippen LogP contribution in [0.1, 0.15) is 29.7 Å². The molecule has 0 fully saturated rings. The number of nitrogens with one attached hydrogen (secondary N) is 2. The van der Waals surface area contributed by atoms with Crippen molar-refractivity contribution in [1.29, 1.82) is 0 Å². The molecule has 7 nitrogen and oxygen atoms in total. The van der Waals surface area contributed by atoms with E-state index in [4.69, 9.17) is 9.47 Å². The summed E-state index contributed by atoms with van der Waals surface area (Å²) in [5, 5.41) is 2.70. The summed E-state index contributed by atoms with van der Waals surface area (Å²) < 4.78 is 39.6. The van der Waals surface area contributed by atoms with E-state index in [0.717, 1.165) is 22.4 Å². The molecule has 3 aromatic carbocycles. The number of hydrogen-bond donors (Lipinski definition) is 2. The van der Waals surface area contributed by atoms with E-state index < -0.39 is 16.1 Å². The predicted octanol–water partition coefficient (Wildman–Crippen LogP) is 3.60. The number of rotatable bonds is 10. The molecule has 0 aliphatic heterocycles. The molecule has 0 aliphatic rings. The Balaban J connectivity index is 1.84. The highest BCUT2D eigenvalue weighted by molar-refractivity contribution is 7.89. The molecule has 0 aliphatic carbocycles. The average molecular weight is 469 g/mol. The third kappa shape index (κ3) is 6.81. The molecule has 33 heavy (non-hydrogen) atoms. The van der Waals surface area contributed by atoms with Gasteiger partial charge in [0.25, 0.3) is 0 Å². The fraction of sp³-hybridized carbons (Fsp3) is 0.240. The van der Waals surface area contributed by atoms with Gasteiger partial charge in [-0.1, -0.05) is 36.4 Å². The normalized spacial score (nSPS) is 12.1. The Labute approximate surface area is 194 Å². The van der Waals surface area contributed by atoms with Crippen molar-refractivity contribution < 1.29 is 22.7 Å². The quantitative estimate of drug-likeness (QED) is 0.474. The van der Waals surface area contributed by atoms with Crippen molar-refractivity contribution >= 4 is 15.9 Å². The van der Waals surface area contributed by atoms with Crippen LogP contribution < -0.4 is 19.5 Å². The molecule has 1 amide bonds. The minimum atomic E-state index is -3.80. The van der Waals surface area contributed by atoms with Crippen LogP contribution in [0.5, 0.6) is 11.5 Å². The molecule has 0 heterocycles. The standard InChI is InChI=1S/C25H28N2O5S/c1-18(28)26-17-20-6-14-24(15-7-20)33(29,30)27-25(21-8-12-23(32-3)13-9-21)16-19-4-10-22(31-2)11-5-19/h4-15,25,27H,16-17H2,1-3H3,(H,26,28). The summed E-state index contributed by atoms with van der Waals surface area (Å²) in [7, 11) is -0.610. The van der Waals surface area contributed by atoms with Gasteiger partial charge in [0.1, 0.15) is 11.5 Å². The molecule has 0 bridgehead atoms. The van der Waals surface area contributed by atoms with Crippen LogP contribution in [0.3, 0.4) is 0 Å². The summed E-state index contributed by atoms with van der Waals surface area (Å²) in [5.74, 6) is 1.29. The van der Waals surface area contributed by atoms with E-state index in [1.807, 2.05) is 48.5 Å². The summed E-state index contributed by atoms with van der Waals surface area (Å²) in [5.41, 5.74) is 2.59. The van der Waals surface area contributed by atoms with Crippen molar-refractivity contribution in [2.75, 3.05) is 14.2 Å². The van der Waals surface area contributed by atoms with E-state index in [1.165, 1.54) is 19.1 Å². The number of benzene rings is 3. The van der Waals surface area contributed by atoms with Gasteiger partial charge >= 0.3 is 0 Å². The van der Waals surface area contributed by atoms with Crippen molar-refractivity contribution in [1.82, 2.24) is 10.0 Å². The van der Waals surface area contributed by atoms with E-state index >= 15 is 0 Å². The van der Waals surface area contributed by atoms with Crippen molar-refractivity contribution in [3.05, 3.63) is 89.5 Å². The molecular formula is C25H28N2O5S. The summed E-state index contributed by atoms with van der Waals surface area (Å²) >= 11 is 0. The first-order chi connectivity index (χ1) is 15.8. The van der Waals surface area contributed by atoms with E-state index in [1.54, 1.807) is 26.4 Å². The lowest BCUT2D eigenvalue weighted by Crippen LogP contribution is -2.30.